The zero-order chi connectivity index (χ0) is 14.8. The van der Waals surface area contributed by atoms with Crippen molar-refractivity contribution in [1.82, 2.24) is 10.2 Å². The molecule has 2 unspecified atom stereocenters. The summed E-state index contributed by atoms with van der Waals surface area (Å²) in [6, 6.07) is 0.857. The molecule has 1 rings (SSSR count). The third-order valence-electron chi connectivity index (χ3n) is 3.76. The second kappa shape index (κ2) is 5.90. The lowest BCUT2D eigenvalue weighted by Gasteiger charge is -2.28. The van der Waals surface area contributed by atoms with Gasteiger partial charge in [0.05, 0.1) is 0 Å². The number of aliphatic carboxylic acids is 1. The van der Waals surface area contributed by atoms with Gasteiger partial charge in [-0.3, -0.25) is 14.5 Å². The standard InChI is InChI=1S/C14H26N2O3/c1-9(16(5)10-6-7-10)8-15-12(17)11(13(18)19)14(2,3)4/h9-11H,6-8H2,1-5H3,(H,15,17)(H,18,19). The first-order chi connectivity index (χ1) is 8.64. The van der Waals surface area contributed by atoms with Crippen LogP contribution in [0.2, 0.25) is 0 Å². The summed E-state index contributed by atoms with van der Waals surface area (Å²) in [7, 11) is 2.05. The number of carboxylic acid groups (broad SMARTS) is 1. The van der Waals surface area contributed by atoms with Crippen molar-refractivity contribution in [3.05, 3.63) is 0 Å². The van der Waals surface area contributed by atoms with E-state index in [0.29, 0.717) is 12.6 Å². The molecule has 5 heteroatoms. The van der Waals surface area contributed by atoms with Crippen molar-refractivity contribution in [2.45, 2.75) is 52.6 Å². The molecule has 1 aliphatic rings. The van der Waals surface area contributed by atoms with Gasteiger partial charge >= 0.3 is 5.97 Å². The Bertz CT molecular complexity index is 345. The van der Waals surface area contributed by atoms with Gasteiger partial charge in [0.15, 0.2) is 0 Å². The Morgan fingerprint density at radius 1 is 1.37 bits per heavy atom. The van der Waals surface area contributed by atoms with Gasteiger partial charge < -0.3 is 10.4 Å². The SMILES string of the molecule is CC(CNC(=O)C(C(=O)O)C(C)(C)C)N(C)C1CC1. The lowest BCUT2D eigenvalue weighted by molar-refractivity contribution is -0.151. The van der Waals surface area contributed by atoms with Crippen LogP contribution in [-0.4, -0.2) is 47.6 Å². The Kier molecular flexibility index (Phi) is 4.96. The highest BCUT2D eigenvalue weighted by atomic mass is 16.4. The number of hydrogen-bond acceptors (Lipinski definition) is 3. The highest BCUT2D eigenvalue weighted by molar-refractivity contribution is 5.97. The van der Waals surface area contributed by atoms with Crippen LogP contribution in [0.3, 0.4) is 0 Å². The van der Waals surface area contributed by atoms with Gasteiger partial charge in [-0.2, -0.15) is 0 Å². The van der Waals surface area contributed by atoms with Crippen LogP contribution in [0, 0.1) is 11.3 Å². The van der Waals surface area contributed by atoms with E-state index in [1.54, 1.807) is 20.8 Å². The number of hydrogen-bond donors (Lipinski definition) is 2. The molecule has 1 amide bonds. The van der Waals surface area contributed by atoms with Gasteiger partial charge in [0.1, 0.15) is 5.92 Å². The first-order valence-corrected chi connectivity index (χ1v) is 6.87. The average molecular weight is 270 g/mol. The minimum atomic E-state index is -1.06. The van der Waals surface area contributed by atoms with Crippen LogP contribution in [0.5, 0.6) is 0 Å². The lowest BCUT2D eigenvalue weighted by atomic mass is 9.80. The molecule has 0 saturated heterocycles. The molecular weight excluding hydrogens is 244 g/mol. The van der Waals surface area contributed by atoms with E-state index in [0.717, 1.165) is 0 Å². The lowest BCUT2D eigenvalue weighted by Crippen LogP contribution is -2.47. The molecule has 2 N–H and O–H groups in total. The van der Waals surface area contributed by atoms with Gasteiger partial charge in [0, 0.05) is 18.6 Å². The van der Waals surface area contributed by atoms with Crippen molar-refractivity contribution in [3.63, 3.8) is 0 Å². The van der Waals surface area contributed by atoms with E-state index in [9.17, 15) is 14.7 Å². The summed E-state index contributed by atoms with van der Waals surface area (Å²) in [5.41, 5.74) is -0.582. The number of amides is 1. The third-order valence-corrected chi connectivity index (χ3v) is 3.76. The smallest absolute Gasteiger partial charge is 0.316 e. The highest BCUT2D eigenvalue weighted by Gasteiger charge is 2.38. The largest absolute Gasteiger partial charge is 0.481 e. The first-order valence-electron chi connectivity index (χ1n) is 6.87. The van der Waals surface area contributed by atoms with Gasteiger partial charge in [-0.05, 0) is 32.2 Å². The maximum absolute atomic E-state index is 12.0. The molecule has 2 atom stereocenters. The number of likely N-dealkylation sites (N-methyl/N-ethyl adjacent to an activating group) is 1. The van der Waals surface area contributed by atoms with Crippen LogP contribution in [-0.2, 0) is 9.59 Å². The summed E-state index contributed by atoms with van der Waals surface area (Å²) in [4.78, 5) is 25.5. The molecule has 0 aromatic carbocycles. The summed E-state index contributed by atoms with van der Waals surface area (Å²) in [6.45, 7) is 7.85. The molecule has 0 aromatic heterocycles. The molecule has 5 nitrogen and oxygen atoms in total. The minimum absolute atomic E-state index is 0.228. The van der Waals surface area contributed by atoms with E-state index < -0.39 is 23.2 Å². The van der Waals surface area contributed by atoms with Crippen LogP contribution >= 0.6 is 0 Å². The van der Waals surface area contributed by atoms with E-state index in [-0.39, 0.29) is 6.04 Å². The van der Waals surface area contributed by atoms with Gasteiger partial charge in [-0.1, -0.05) is 20.8 Å². The first kappa shape index (κ1) is 16.0. The third kappa shape index (κ3) is 4.49. The van der Waals surface area contributed by atoms with E-state index >= 15 is 0 Å². The predicted molar refractivity (Wildman–Crippen MR) is 73.8 cm³/mol. The minimum Gasteiger partial charge on any atom is -0.481 e. The van der Waals surface area contributed by atoms with Crippen molar-refractivity contribution >= 4 is 11.9 Å². The average Bonchev–Trinajstić information content (AvgIpc) is 3.05. The Morgan fingerprint density at radius 3 is 2.26 bits per heavy atom. The zero-order valence-corrected chi connectivity index (χ0v) is 12.6. The molecule has 19 heavy (non-hydrogen) atoms. The quantitative estimate of drug-likeness (QED) is 0.714. The molecular formula is C14H26N2O3. The van der Waals surface area contributed by atoms with E-state index in [2.05, 4.69) is 10.2 Å². The van der Waals surface area contributed by atoms with E-state index in [4.69, 9.17) is 0 Å². The van der Waals surface area contributed by atoms with Crippen molar-refractivity contribution in [2.24, 2.45) is 11.3 Å². The van der Waals surface area contributed by atoms with Crippen molar-refractivity contribution in [3.8, 4) is 0 Å². The molecule has 0 aliphatic heterocycles. The summed E-state index contributed by atoms with van der Waals surface area (Å²) in [5.74, 6) is -2.46. The van der Waals surface area contributed by atoms with Crippen molar-refractivity contribution in [2.75, 3.05) is 13.6 Å². The van der Waals surface area contributed by atoms with Gasteiger partial charge in [0.25, 0.3) is 0 Å². The zero-order valence-electron chi connectivity index (χ0n) is 12.6. The number of rotatable bonds is 6. The van der Waals surface area contributed by atoms with Crippen LogP contribution in [0.4, 0.5) is 0 Å². The fourth-order valence-electron chi connectivity index (χ4n) is 2.21. The van der Waals surface area contributed by atoms with Gasteiger partial charge in [-0.15, -0.1) is 0 Å². The van der Waals surface area contributed by atoms with Crippen LogP contribution in [0.15, 0.2) is 0 Å². The second-order valence-electron chi connectivity index (χ2n) is 6.63. The monoisotopic (exact) mass is 270 g/mol. The Balaban J connectivity index is 2.50. The molecule has 0 bridgehead atoms. The fraction of sp³-hybridized carbons (Fsp3) is 0.857. The Labute approximate surface area is 115 Å². The topological polar surface area (TPSA) is 69.6 Å². The maximum Gasteiger partial charge on any atom is 0.316 e. The van der Waals surface area contributed by atoms with Gasteiger partial charge in [0.2, 0.25) is 5.91 Å². The summed E-state index contributed by atoms with van der Waals surface area (Å²) in [5, 5.41) is 12.0. The molecule has 0 spiro atoms. The second-order valence-corrected chi connectivity index (χ2v) is 6.63. The molecule has 0 radical (unpaired) electrons. The number of carbonyl (C=O) groups is 2. The fourth-order valence-corrected chi connectivity index (χ4v) is 2.21. The molecule has 1 saturated carbocycles. The summed E-state index contributed by atoms with van der Waals surface area (Å²) >= 11 is 0. The van der Waals surface area contributed by atoms with Crippen molar-refractivity contribution in [1.29, 1.82) is 0 Å². The summed E-state index contributed by atoms with van der Waals surface area (Å²) < 4.78 is 0. The number of carboxylic acids is 1. The molecule has 1 fully saturated rings. The highest BCUT2D eigenvalue weighted by Crippen LogP contribution is 2.27. The van der Waals surface area contributed by atoms with Crippen molar-refractivity contribution < 1.29 is 14.7 Å². The Hall–Kier alpha value is -1.10. The van der Waals surface area contributed by atoms with Crippen LogP contribution < -0.4 is 5.32 Å². The molecule has 0 heterocycles. The number of carbonyl (C=O) groups excluding carboxylic acids is 1. The summed E-state index contributed by atoms with van der Waals surface area (Å²) in [6.07, 6.45) is 2.43. The Morgan fingerprint density at radius 2 is 1.89 bits per heavy atom. The van der Waals surface area contributed by atoms with Crippen LogP contribution in [0.25, 0.3) is 0 Å². The molecule has 110 valence electrons. The van der Waals surface area contributed by atoms with E-state index in [1.807, 2.05) is 14.0 Å². The molecule has 0 aromatic rings. The van der Waals surface area contributed by atoms with E-state index in [1.165, 1.54) is 12.8 Å². The number of nitrogens with one attached hydrogen (secondary N) is 1. The molecule has 1 aliphatic carbocycles. The normalized spacial score (nSPS) is 19.1. The number of nitrogens with zero attached hydrogens (tertiary/aromatic N) is 1. The van der Waals surface area contributed by atoms with Gasteiger partial charge in [-0.25, -0.2) is 0 Å². The predicted octanol–water partition coefficient (Wildman–Crippen LogP) is 1.33. The maximum atomic E-state index is 12.0. The van der Waals surface area contributed by atoms with Crippen LogP contribution in [0.1, 0.15) is 40.5 Å².